The summed E-state index contributed by atoms with van der Waals surface area (Å²) in [6.45, 7) is 2.04. The van der Waals surface area contributed by atoms with Gasteiger partial charge in [-0.05, 0) is 43.0 Å². The second-order valence-electron chi connectivity index (χ2n) is 3.97. The highest BCUT2D eigenvalue weighted by molar-refractivity contribution is 5.87. The molecule has 1 aliphatic rings. The van der Waals surface area contributed by atoms with E-state index in [0.29, 0.717) is 11.5 Å². The zero-order chi connectivity index (χ0) is 10.7. The summed E-state index contributed by atoms with van der Waals surface area (Å²) in [6.07, 6.45) is 2.32. The SMILES string of the molecule is Cl.O=C(O)c1cccc([C@@H]2CCCNC2)c1. The first-order valence-corrected chi connectivity index (χ1v) is 5.31. The van der Waals surface area contributed by atoms with Gasteiger partial charge in [-0.3, -0.25) is 0 Å². The van der Waals surface area contributed by atoms with Gasteiger partial charge in [-0.2, -0.15) is 0 Å². The molecule has 0 radical (unpaired) electrons. The van der Waals surface area contributed by atoms with E-state index in [-0.39, 0.29) is 12.4 Å². The summed E-state index contributed by atoms with van der Waals surface area (Å²) >= 11 is 0. The van der Waals surface area contributed by atoms with Gasteiger partial charge in [0.25, 0.3) is 0 Å². The molecule has 88 valence electrons. The molecular weight excluding hydrogens is 226 g/mol. The van der Waals surface area contributed by atoms with E-state index in [1.165, 1.54) is 6.42 Å². The maximum Gasteiger partial charge on any atom is 0.335 e. The van der Waals surface area contributed by atoms with Crippen LogP contribution in [0.4, 0.5) is 0 Å². The second-order valence-corrected chi connectivity index (χ2v) is 3.97. The van der Waals surface area contributed by atoms with E-state index in [1.54, 1.807) is 12.1 Å². The van der Waals surface area contributed by atoms with Crippen LogP contribution in [0.15, 0.2) is 24.3 Å². The Labute approximate surface area is 101 Å². The van der Waals surface area contributed by atoms with Crippen LogP contribution in [0.3, 0.4) is 0 Å². The largest absolute Gasteiger partial charge is 0.478 e. The number of rotatable bonds is 2. The van der Waals surface area contributed by atoms with Gasteiger partial charge in [0.2, 0.25) is 0 Å². The Balaban J connectivity index is 0.00000128. The fourth-order valence-electron chi connectivity index (χ4n) is 2.06. The first-order chi connectivity index (χ1) is 7.27. The van der Waals surface area contributed by atoms with Crippen molar-refractivity contribution >= 4 is 18.4 Å². The van der Waals surface area contributed by atoms with Crippen molar-refractivity contribution in [1.82, 2.24) is 5.32 Å². The van der Waals surface area contributed by atoms with Crippen LogP contribution < -0.4 is 5.32 Å². The number of carboxylic acid groups (broad SMARTS) is 1. The van der Waals surface area contributed by atoms with Crippen LogP contribution in [0.25, 0.3) is 0 Å². The van der Waals surface area contributed by atoms with Gasteiger partial charge in [-0.1, -0.05) is 12.1 Å². The maximum atomic E-state index is 10.8. The Morgan fingerprint density at radius 2 is 2.25 bits per heavy atom. The summed E-state index contributed by atoms with van der Waals surface area (Å²) in [5.74, 6) is -0.376. The van der Waals surface area contributed by atoms with Crippen LogP contribution in [-0.4, -0.2) is 24.2 Å². The Morgan fingerprint density at radius 3 is 2.88 bits per heavy atom. The summed E-state index contributed by atoms with van der Waals surface area (Å²) in [4.78, 5) is 10.8. The standard InChI is InChI=1S/C12H15NO2.ClH/c14-12(15)10-4-1-3-9(7-10)11-5-2-6-13-8-11;/h1,3-4,7,11,13H,2,5-6,8H2,(H,14,15);1H/t11-;/m1./s1. The first kappa shape index (κ1) is 13.0. The van der Waals surface area contributed by atoms with Crippen LogP contribution in [0, 0.1) is 0 Å². The average molecular weight is 242 g/mol. The number of piperidine rings is 1. The van der Waals surface area contributed by atoms with E-state index in [4.69, 9.17) is 5.11 Å². The number of halogens is 1. The Bertz CT molecular complexity index is 362. The molecule has 1 atom stereocenters. The summed E-state index contributed by atoms with van der Waals surface area (Å²) < 4.78 is 0. The Hall–Kier alpha value is -1.06. The molecule has 0 bridgehead atoms. The molecule has 2 rings (SSSR count). The van der Waals surface area contributed by atoms with Crippen molar-refractivity contribution in [2.45, 2.75) is 18.8 Å². The zero-order valence-corrected chi connectivity index (χ0v) is 9.80. The van der Waals surface area contributed by atoms with E-state index in [1.807, 2.05) is 12.1 Å². The number of benzene rings is 1. The van der Waals surface area contributed by atoms with Crippen LogP contribution in [0.1, 0.15) is 34.7 Å². The zero-order valence-electron chi connectivity index (χ0n) is 8.98. The lowest BCUT2D eigenvalue weighted by Crippen LogP contribution is -2.28. The predicted octanol–water partition coefficient (Wildman–Crippen LogP) is 2.27. The van der Waals surface area contributed by atoms with Gasteiger partial charge in [-0.15, -0.1) is 12.4 Å². The molecule has 0 spiro atoms. The minimum absolute atomic E-state index is 0. The van der Waals surface area contributed by atoms with E-state index in [9.17, 15) is 4.79 Å². The first-order valence-electron chi connectivity index (χ1n) is 5.31. The normalized spacial score (nSPS) is 19.9. The third kappa shape index (κ3) is 2.97. The van der Waals surface area contributed by atoms with Gasteiger partial charge in [0, 0.05) is 6.54 Å². The number of hydrogen-bond donors (Lipinski definition) is 2. The third-order valence-corrected chi connectivity index (χ3v) is 2.90. The molecule has 1 aliphatic heterocycles. The molecule has 3 nitrogen and oxygen atoms in total. The lowest BCUT2D eigenvalue weighted by Gasteiger charge is -2.23. The number of nitrogens with one attached hydrogen (secondary N) is 1. The summed E-state index contributed by atoms with van der Waals surface area (Å²) in [5, 5.41) is 12.2. The minimum atomic E-state index is -0.847. The number of aromatic carboxylic acids is 1. The van der Waals surface area contributed by atoms with Crippen molar-refractivity contribution in [2.24, 2.45) is 0 Å². The van der Waals surface area contributed by atoms with Crippen molar-refractivity contribution < 1.29 is 9.90 Å². The molecule has 1 saturated heterocycles. The molecule has 0 amide bonds. The van der Waals surface area contributed by atoms with Crippen LogP contribution >= 0.6 is 12.4 Å². The summed E-state index contributed by atoms with van der Waals surface area (Å²) in [5.41, 5.74) is 1.53. The lowest BCUT2D eigenvalue weighted by atomic mass is 9.91. The van der Waals surface area contributed by atoms with Crippen molar-refractivity contribution in [2.75, 3.05) is 13.1 Å². The topological polar surface area (TPSA) is 49.3 Å². The smallest absolute Gasteiger partial charge is 0.335 e. The monoisotopic (exact) mass is 241 g/mol. The molecule has 0 unspecified atom stereocenters. The van der Waals surface area contributed by atoms with E-state index in [2.05, 4.69) is 5.32 Å². The van der Waals surface area contributed by atoms with Crippen LogP contribution in [0.5, 0.6) is 0 Å². The van der Waals surface area contributed by atoms with Crippen molar-refractivity contribution in [3.8, 4) is 0 Å². The highest BCUT2D eigenvalue weighted by Crippen LogP contribution is 2.23. The molecule has 4 heteroatoms. The van der Waals surface area contributed by atoms with Gasteiger partial charge in [-0.25, -0.2) is 4.79 Å². The highest BCUT2D eigenvalue weighted by Gasteiger charge is 2.15. The predicted molar refractivity (Wildman–Crippen MR) is 65.5 cm³/mol. The quantitative estimate of drug-likeness (QED) is 0.835. The second kappa shape index (κ2) is 5.87. The lowest BCUT2D eigenvalue weighted by molar-refractivity contribution is 0.0696. The fourth-order valence-corrected chi connectivity index (χ4v) is 2.06. The maximum absolute atomic E-state index is 10.8. The molecule has 0 aliphatic carbocycles. The van der Waals surface area contributed by atoms with Crippen molar-refractivity contribution in [3.63, 3.8) is 0 Å². The summed E-state index contributed by atoms with van der Waals surface area (Å²) in [7, 11) is 0. The molecule has 1 fully saturated rings. The summed E-state index contributed by atoms with van der Waals surface area (Å²) in [6, 6.07) is 7.28. The van der Waals surface area contributed by atoms with E-state index < -0.39 is 5.97 Å². The molecule has 1 aromatic carbocycles. The molecule has 2 N–H and O–H groups in total. The van der Waals surface area contributed by atoms with Gasteiger partial charge in [0.1, 0.15) is 0 Å². The average Bonchev–Trinajstić information content (AvgIpc) is 2.30. The molecule has 0 saturated carbocycles. The van der Waals surface area contributed by atoms with Gasteiger partial charge >= 0.3 is 5.97 Å². The third-order valence-electron chi connectivity index (χ3n) is 2.90. The molecule has 0 aromatic heterocycles. The van der Waals surface area contributed by atoms with E-state index in [0.717, 1.165) is 25.1 Å². The van der Waals surface area contributed by atoms with Crippen LogP contribution in [-0.2, 0) is 0 Å². The van der Waals surface area contributed by atoms with Crippen LogP contribution in [0.2, 0.25) is 0 Å². The number of hydrogen-bond acceptors (Lipinski definition) is 2. The molecular formula is C12H16ClNO2. The number of carboxylic acids is 1. The van der Waals surface area contributed by atoms with Gasteiger partial charge in [0.15, 0.2) is 0 Å². The molecule has 1 aromatic rings. The molecule has 16 heavy (non-hydrogen) atoms. The molecule has 1 heterocycles. The van der Waals surface area contributed by atoms with Gasteiger partial charge in [0.05, 0.1) is 5.56 Å². The fraction of sp³-hybridized carbons (Fsp3) is 0.417. The van der Waals surface area contributed by atoms with Crippen molar-refractivity contribution in [1.29, 1.82) is 0 Å². The van der Waals surface area contributed by atoms with Crippen molar-refractivity contribution in [3.05, 3.63) is 35.4 Å². The number of carbonyl (C=O) groups is 1. The van der Waals surface area contributed by atoms with E-state index >= 15 is 0 Å². The Kier molecular flexibility index (Phi) is 4.77. The van der Waals surface area contributed by atoms with Gasteiger partial charge < -0.3 is 10.4 Å². The minimum Gasteiger partial charge on any atom is -0.478 e. The Morgan fingerprint density at radius 1 is 1.44 bits per heavy atom. The highest BCUT2D eigenvalue weighted by atomic mass is 35.5.